The molecule has 0 radical (unpaired) electrons. The van der Waals surface area contributed by atoms with E-state index >= 15 is 0 Å². The van der Waals surface area contributed by atoms with Gasteiger partial charge in [-0.2, -0.15) is 0 Å². The van der Waals surface area contributed by atoms with Crippen molar-refractivity contribution in [2.24, 2.45) is 0 Å². The Labute approximate surface area is 138 Å². The smallest absolute Gasteiger partial charge is 0.122 e. The Kier molecular flexibility index (Phi) is 6.44. The molecule has 124 valence electrons. The van der Waals surface area contributed by atoms with Crippen LogP contribution in [0.2, 0.25) is 0 Å². The lowest BCUT2D eigenvalue weighted by Gasteiger charge is -2.26. The van der Waals surface area contributed by atoms with Crippen LogP contribution in [0, 0.1) is 13.8 Å². The molecule has 0 bridgehead atoms. The molecule has 0 spiro atoms. The first kappa shape index (κ1) is 17.3. The number of rotatable bonds is 8. The van der Waals surface area contributed by atoms with Crippen molar-refractivity contribution in [3.63, 3.8) is 0 Å². The van der Waals surface area contributed by atoms with Gasteiger partial charge in [-0.15, -0.1) is 0 Å². The summed E-state index contributed by atoms with van der Waals surface area (Å²) in [4.78, 5) is 1.95. The summed E-state index contributed by atoms with van der Waals surface area (Å²) in [7, 11) is 0. The zero-order valence-corrected chi connectivity index (χ0v) is 13.8. The fraction of sp³-hybridized carbons (Fsp3) is 0.368. The van der Waals surface area contributed by atoms with Crippen molar-refractivity contribution in [3.05, 3.63) is 59.7 Å². The molecule has 0 aliphatic rings. The normalized spacial score (nSPS) is 12.0. The Morgan fingerprint density at radius 3 is 2.48 bits per heavy atom. The number of nitrogens with zero attached hydrogens (tertiary/aromatic N) is 1. The minimum atomic E-state index is -0.637. The Bertz CT molecular complexity index is 601. The van der Waals surface area contributed by atoms with Gasteiger partial charge in [0.15, 0.2) is 0 Å². The Balaban J connectivity index is 1.92. The lowest BCUT2D eigenvalue weighted by atomic mass is 10.1. The predicted molar refractivity (Wildman–Crippen MR) is 93.2 cm³/mol. The summed E-state index contributed by atoms with van der Waals surface area (Å²) >= 11 is 0. The number of aliphatic hydroxyl groups excluding tert-OH is 2. The van der Waals surface area contributed by atoms with Gasteiger partial charge in [0.1, 0.15) is 18.5 Å². The zero-order valence-electron chi connectivity index (χ0n) is 13.8. The molecule has 4 heteroatoms. The van der Waals surface area contributed by atoms with Crippen LogP contribution in [0.15, 0.2) is 48.5 Å². The first-order chi connectivity index (χ1) is 11.1. The molecule has 2 aromatic rings. The second-order valence-electron chi connectivity index (χ2n) is 5.74. The minimum absolute atomic E-state index is 0.0412. The highest BCUT2D eigenvalue weighted by atomic mass is 16.5. The minimum Gasteiger partial charge on any atom is -0.491 e. The maximum Gasteiger partial charge on any atom is 0.122 e. The van der Waals surface area contributed by atoms with Gasteiger partial charge < -0.3 is 19.8 Å². The first-order valence-corrected chi connectivity index (χ1v) is 7.89. The molecule has 0 fully saturated rings. The number of hydrogen-bond donors (Lipinski definition) is 2. The lowest BCUT2D eigenvalue weighted by Crippen LogP contribution is -2.37. The summed E-state index contributed by atoms with van der Waals surface area (Å²) in [5, 5.41) is 19.5. The van der Waals surface area contributed by atoms with Crippen molar-refractivity contribution in [2.75, 3.05) is 31.2 Å². The van der Waals surface area contributed by atoms with Gasteiger partial charge in [0.05, 0.1) is 6.61 Å². The second-order valence-corrected chi connectivity index (χ2v) is 5.74. The molecule has 0 aliphatic heterocycles. The van der Waals surface area contributed by atoms with E-state index in [2.05, 4.69) is 6.07 Å². The van der Waals surface area contributed by atoms with Crippen molar-refractivity contribution < 1.29 is 14.9 Å². The first-order valence-electron chi connectivity index (χ1n) is 7.89. The summed E-state index contributed by atoms with van der Waals surface area (Å²) in [5.41, 5.74) is 3.23. The number of anilines is 1. The number of hydrogen-bond acceptors (Lipinski definition) is 4. The number of aliphatic hydroxyl groups is 2. The van der Waals surface area contributed by atoms with E-state index in [4.69, 9.17) is 4.74 Å². The van der Waals surface area contributed by atoms with Gasteiger partial charge in [-0.1, -0.05) is 35.9 Å². The van der Waals surface area contributed by atoms with Gasteiger partial charge in [-0.25, -0.2) is 0 Å². The average Bonchev–Trinajstić information content (AvgIpc) is 2.54. The van der Waals surface area contributed by atoms with E-state index in [9.17, 15) is 10.2 Å². The van der Waals surface area contributed by atoms with E-state index in [0.717, 1.165) is 17.0 Å². The van der Waals surface area contributed by atoms with Gasteiger partial charge >= 0.3 is 0 Å². The van der Waals surface area contributed by atoms with Gasteiger partial charge in [0.25, 0.3) is 0 Å². The highest BCUT2D eigenvalue weighted by Crippen LogP contribution is 2.19. The van der Waals surface area contributed by atoms with Crippen molar-refractivity contribution >= 4 is 5.69 Å². The van der Waals surface area contributed by atoms with Crippen LogP contribution >= 0.6 is 0 Å². The molecule has 0 saturated carbocycles. The number of para-hydroxylation sites is 1. The van der Waals surface area contributed by atoms with Crippen LogP contribution in [-0.4, -0.2) is 42.6 Å². The van der Waals surface area contributed by atoms with E-state index in [0.29, 0.717) is 13.1 Å². The molecule has 1 unspecified atom stereocenters. The Morgan fingerprint density at radius 2 is 1.83 bits per heavy atom. The van der Waals surface area contributed by atoms with Crippen LogP contribution in [0.3, 0.4) is 0 Å². The molecule has 1 atom stereocenters. The molecular formula is C19H25NO3. The summed E-state index contributed by atoms with van der Waals surface area (Å²) in [6.07, 6.45) is -0.637. The highest BCUT2D eigenvalue weighted by Gasteiger charge is 2.13. The van der Waals surface area contributed by atoms with E-state index in [1.54, 1.807) is 0 Å². The fourth-order valence-corrected chi connectivity index (χ4v) is 2.54. The van der Waals surface area contributed by atoms with E-state index in [1.807, 2.05) is 61.2 Å². The molecule has 0 amide bonds. The van der Waals surface area contributed by atoms with Crippen LogP contribution in [0.1, 0.15) is 11.1 Å². The van der Waals surface area contributed by atoms with Gasteiger partial charge in [0, 0.05) is 18.8 Å². The van der Waals surface area contributed by atoms with Gasteiger partial charge in [-0.05, 0) is 37.6 Å². The third-order valence-electron chi connectivity index (χ3n) is 3.68. The maximum atomic E-state index is 10.3. The largest absolute Gasteiger partial charge is 0.491 e. The average molecular weight is 315 g/mol. The highest BCUT2D eigenvalue weighted by molar-refractivity contribution is 5.46. The SMILES string of the molecule is Cc1ccc(OCC(O)CN(CCO)c2ccccc2)c(C)c1. The van der Waals surface area contributed by atoms with Crippen LogP contribution < -0.4 is 9.64 Å². The van der Waals surface area contributed by atoms with Crippen LogP contribution in [-0.2, 0) is 0 Å². The zero-order chi connectivity index (χ0) is 16.7. The molecular weight excluding hydrogens is 290 g/mol. The van der Waals surface area contributed by atoms with Gasteiger partial charge in [0.2, 0.25) is 0 Å². The lowest BCUT2D eigenvalue weighted by molar-refractivity contribution is 0.111. The molecule has 2 rings (SSSR count). The van der Waals surface area contributed by atoms with E-state index < -0.39 is 6.10 Å². The molecule has 0 aliphatic carbocycles. The van der Waals surface area contributed by atoms with Crippen LogP contribution in [0.4, 0.5) is 5.69 Å². The molecule has 2 N–H and O–H groups in total. The number of ether oxygens (including phenoxy) is 1. The van der Waals surface area contributed by atoms with Crippen LogP contribution in [0.25, 0.3) is 0 Å². The quantitative estimate of drug-likeness (QED) is 0.786. The van der Waals surface area contributed by atoms with Crippen molar-refractivity contribution in [1.29, 1.82) is 0 Å². The summed E-state index contributed by atoms with van der Waals surface area (Å²) in [5.74, 6) is 0.795. The monoisotopic (exact) mass is 315 g/mol. The number of aryl methyl sites for hydroxylation is 2. The topological polar surface area (TPSA) is 52.9 Å². The summed E-state index contributed by atoms with van der Waals surface area (Å²) in [6, 6.07) is 15.7. The molecule has 0 aromatic heterocycles. The molecule has 23 heavy (non-hydrogen) atoms. The Hall–Kier alpha value is -2.04. The van der Waals surface area contributed by atoms with Crippen molar-refractivity contribution in [1.82, 2.24) is 0 Å². The predicted octanol–water partition coefficient (Wildman–Crippen LogP) is 2.54. The standard InChI is InChI=1S/C19H25NO3/c1-15-8-9-19(16(2)12-15)23-14-18(22)13-20(10-11-21)17-6-4-3-5-7-17/h3-9,12,18,21-22H,10-11,13-14H2,1-2H3. The van der Waals surface area contributed by atoms with Crippen LogP contribution in [0.5, 0.6) is 5.75 Å². The van der Waals surface area contributed by atoms with E-state index in [1.165, 1.54) is 5.56 Å². The summed E-state index contributed by atoms with van der Waals surface area (Å²) < 4.78 is 5.73. The molecule has 2 aromatic carbocycles. The molecule has 4 nitrogen and oxygen atoms in total. The Morgan fingerprint density at radius 1 is 1.09 bits per heavy atom. The number of benzene rings is 2. The fourth-order valence-electron chi connectivity index (χ4n) is 2.54. The molecule has 0 heterocycles. The van der Waals surface area contributed by atoms with Crippen molar-refractivity contribution in [2.45, 2.75) is 20.0 Å². The van der Waals surface area contributed by atoms with E-state index in [-0.39, 0.29) is 13.2 Å². The third-order valence-corrected chi connectivity index (χ3v) is 3.68. The van der Waals surface area contributed by atoms with Gasteiger partial charge in [-0.3, -0.25) is 0 Å². The third kappa shape index (κ3) is 5.27. The second kappa shape index (κ2) is 8.56. The molecule has 0 saturated heterocycles. The summed E-state index contributed by atoms with van der Waals surface area (Å²) in [6.45, 7) is 5.19. The van der Waals surface area contributed by atoms with Crippen molar-refractivity contribution in [3.8, 4) is 5.75 Å². The maximum absolute atomic E-state index is 10.3.